The zero-order chi connectivity index (χ0) is 15.5. The van der Waals surface area contributed by atoms with E-state index >= 15 is 0 Å². The maximum atomic E-state index is 11.1. The summed E-state index contributed by atoms with van der Waals surface area (Å²) in [6.45, 7) is 1.66. The van der Waals surface area contributed by atoms with E-state index in [2.05, 4.69) is 15.3 Å². The average molecular weight is 317 g/mol. The van der Waals surface area contributed by atoms with Crippen LogP contribution in [-0.2, 0) is 6.54 Å². The van der Waals surface area contributed by atoms with Gasteiger partial charge in [-0.25, -0.2) is 4.98 Å². The first-order valence-corrected chi connectivity index (χ1v) is 8.25. The molecule has 0 saturated heterocycles. The molecule has 1 aliphatic rings. The standard InChI is InChI=1S/C16H19N3O2S/c17-15(21)11-1-3-12(4-2-11)16-18-13(10-22-16)9-19(7-8-20)14-5-6-14/h1-4,10,14,20H,5-9H2,(H2,17,21). The molecule has 0 radical (unpaired) electrons. The van der Waals surface area contributed by atoms with Crippen LogP contribution >= 0.6 is 11.3 Å². The Bertz CT molecular complexity index is 650. The van der Waals surface area contributed by atoms with Crippen molar-refractivity contribution in [1.82, 2.24) is 9.88 Å². The molecule has 0 bridgehead atoms. The summed E-state index contributed by atoms with van der Waals surface area (Å²) < 4.78 is 0. The zero-order valence-corrected chi connectivity index (χ0v) is 13.1. The lowest BCUT2D eigenvalue weighted by Gasteiger charge is -2.19. The van der Waals surface area contributed by atoms with Crippen molar-refractivity contribution in [1.29, 1.82) is 0 Å². The number of aromatic nitrogens is 1. The molecule has 6 heteroatoms. The molecule has 116 valence electrons. The van der Waals surface area contributed by atoms with E-state index in [0.29, 0.717) is 18.2 Å². The topological polar surface area (TPSA) is 79.5 Å². The van der Waals surface area contributed by atoms with Gasteiger partial charge in [-0.3, -0.25) is 9.69 Å². The molecule has 3 rings (SSSR count). The molecule has 0 spiro atoms. The van der Waals surface area contributed by atoms with Gasteiger partial charge in [0.05, 0.1) is 12.3 Å². The van der Waals surface area contributed by atoms with Crippen molar-refractivity contribution in [2.75, 3.05) is 13.2 Å². The SMILES string of the molecule is NC(=O)c1ccc(-c2nc(CN(CCO)C3CC3)cs2)cc1. The largest absolute Gasteiger partial charge is 0.395 e. The number of carbonyl (C=O) groups excluding carboxylic acids is 1. The van der Waals surface area contributed by atoms with E-state index in [1.54, 1.807) is 23.5 Å². The van der Waals surface area contributed by atoms with Crippen LogP contribution in [0.15, 0.2) is 29.6 Å². The lowest BCUT2D eigenvalue weighted by Crippen LogP contribution is -2.28. The van der Waals surface area contributed by atoms with Gasteiger partial charge in [-0.2, -0.15) is 0 Å². The van der Waals surface area contributed by atoms with Crippen LogP contribution in [-0.4, -0.2) is 40.1 Å². The van der Waals surface area contributed by atoms with Crippen molar-refractivity contribution >= 4 is 17.2 Å². The monoisotopic (exact) mass is 317 g/mol. The quantitative estimate of drug-likeness (QED) is 0.817. The summed E-state index contributed by atoms with van der Waals surface area (Å²) in [5, 5.41) is 12.1. The van der Waals surface area contributed by atoms with Crippen molar-refractivity contribution in [3.63, 3.8) is 0 Å². The van der Waals surface area contributed by atoms with E-state index in [1.165, 1.54) is 12.8 Å². The summed E-state index contributed by atoms with van der Waals surface area (Å²) in [5.74, 6) is -0.421. The van der Waals surface area contributed by atoms with Crippen LogP contribution in [0.5, 0.6) is 0 Å². The van der Waals surface area contributed by atoms with Crippen LogP contribution in [0.25, 0.3) is 10.6 Å². The van der Waals surface area contributed by atoms with E-state index in [1.807, 2.05) is 12.1 Å². The highest BCUT2D eigenvalue weighted by atomic mass is 32.1. The molecule has 1 saturated carbocycles. The van der Waals surface area contributed by atoms with Crippen molar-refractivity contribution in [2.45, 2.75) is 25.4 Å². The highest BCUT2D eigenvalue weighted by molar-refractivity contribution is 7.13. The van der Waals surface area contributed by atoms with Gasteiger partial charge in [-0.15, -0.1) is 11.3 Å². The summed E-state index contributed by atoms with van der Waals surface area (Å²) in [4.78, 5) is 18.0. The van der Waals surface area contributed by atoms with E-state index in [4.69, 9.17) is 10.8 Å². The first kappa shape index (κ1) is 15.1. The number of aliphatic hydroxyl groups excluding tert-OH is 1. The predicted molar refractivity (Wildman–Crippen MR) is 86.6 cm³/mol. The Morgan fingerprint density at radius 2 is 2.09 bits per heavy atom. The molecule has 0 aliphatic heterocycles. The Labute approximate surface area is 133 Å². The molecule has 1 fully saturated rings. The van der Waals surface area contributed by atoms with Crippen LogP contribution in [0.2, 0.25) is 0 Å². The summed E-state index contributed by atoms with van der Waals surface area (Å²) in [6, 6.07) is 7.79. The maximum absolute atomic E-state index is 11.1. The number of rotatable bonds is 7. The third kappa shape index (κ3) is 3.52. The van der Waals surface area contributed by atoms with Crippen LogP contribution in [0.3, 0.4) is 0 Å². The molecule has 1 amide bonds. The number of thiazole rings is 1. The van der Waals surface area contributed by atoms with E-state index < -0.39 is 5.91 Å². The Hall–Kier alpha value is -1.76. The number of benzene rings is 1. The van der Waals surface area contributed by atoms with Gasteiger partial charge in [-0.05, 0) is 25.0 Å². The molecule has 22 heavy (non-hydrogen) atoms. The summed E-state index contributed by atoms with van der Waals surface area (Å²) in [7, 11) is 0. The molecular formula is C16H19N3O2S. The Balaban J connectivity index is 1.71. The third-order valence-electron chi connectivity index (χ3n) is 3.78. The third-order valence-corrected chi connectivity index (χ3v) is 4.72. The van der Waals surface area contributed by atoms with Gasteiger partial charge in [0.15, 0.2) is 0 Å². The van der Waals surface area contributed by atoms with Crippen molar-refractivity contribution < 1.29 is 9.90 Å². The Morgan fingerprint density at radius 1 is 1.36 bits per heavy atom. The average Bonchev–Trinajstić information content (AvgIpc) is 3.26. The fourth-order valence-corrected chi connectivity index (χ4v) is 3.27. The Kier molecular flexibility index (Phi) is 4.52. The number of nitrogens with two attached hydrogens (primary N) is 1. The van der Waals surface area contributed by atoms with Crippen molar-refractivity contribution in [3.05, 3.63) is 40.9 Å². The molecule has 1 aliphatic carbocycles. The molecule has 5 nitrogen and oxygen atoms in total. The second-order valence-corrected chi connectivity index (χ2v) is 6.37. The first-order chi connectivity index (χ1) is 10.7. The second-order valence-electron chi connectivity index (χ2n) is 5.51. The van der Waals surface area contributed by atoms with Crippen LogP contribution in [0, 0.1) is 0 Å². The van der Waals surface area contributed by atoms with Gasteiger partial charge >= 0.3 is 0 Å². The molecule has 3 N–H and O–H groups in total. The molecule has 1 aromatic carbocycles. The summed E-state index contributed by atoms with van der Waals surface area (Å²) >= 11 is 1.59. The van der Waals surface area contributed by atoms with Gasteiger partial charge in [0.1, 0.15) is 5.01 Å². The zero-order valence-electron chi connectivity index (χ0n) is 12.2. The summed E-state index contributed by atoms with van der Waals surface area (Å²) in [6.07, 6.45) is 2.43. The number of amides is 1. The first-order valence-electron chi connectivity index (χ1n) is 7.37. The molecular weight excluding hydrogens is 298 g/mol. The minimum absolute atomic E-state index is 0.183. The highest BCUT2D eigenvalue weighted by Gasteiger charge is 2.28. The minimum atomic E-state index is -0.421. The highest BCUT2D eigenvalue weighted by Crippen LogP contribution is 2.29. The van der Waals surface area contributed by atoms with Gasteiger partial charge < -0.3 is 10.8 Å². The van der Waals surface area contributed by atoms with Crippen molar-refractivity contribution in [3.8, 4) is 10.6 Å². The van der Waals surface area contributed by atoms with Gasteiger partial charge in [0, 0.05) is 35.6 Å². The number of carbonyl (C=O) groups is 1. The lowest BCUT2D eigenvalue weighted by molar-refractivity contribution is 0.100. The van der Waals surface area contributed by atoms with E-state index in [9.17, 15) is 4.79 Å². The number of hydrogen-bond acceptors (Lipinski definition) is 5. The van der Waals surface area contributed by atoms with Gasteiger partial charge in [-0.1, -0.05) is 12.1 Å². The summed E-state index contributed by atoms with van der Waals surface area (Å²) in [5.41, 5.74) is 7.76. The predicted octanol–water partition coefficient (Wildman–Crippen LogP) is 1.87. The second kappa shape index (κ2) is 6.56. The van der Waals surface area contributed by atoms with E-state index in [-0.39, 0.29) is 6.61 Å². The smallest absolute Gasteiger partial charge is 0.248 e. The fraction of sp³-hybridized carbons (Fsp3) is 0.375. The molecule has 0 atom stereocenters. The number of nitrogens with zero attached hydrogens (tertiary/aromatic N) is 2. The number of primary amides is 1. The van der Waals surface area contributed by atoms with E-state index in [0.717, 1.165) is 22.8 Å². The van der Waals surface area contributed by atoms with Crippen LogP contribution < -0.4 is 5.73 Å². The minimum Gasteiger partial charge on any atom is -0.395 e. The normalized spacial score (nSPS) is 14.5. The molecule has 1 heterocycles. The number of aliphatic hydroxyl groups is 1. The maximum Gasteiger partial charge on any atom is 0.248 e. The molecule has 1 aromatic heterocycles. The van der Waals surface area contributed by atoms with Crippen LogP contribution in [0.1, 0.15) is 28.9 Å². The number of hydrogen-bond donors (Lipinski definition) is 2. The van der Waals surface area contributed by atoms with Crippen LogP contribution in [0.4, 0.5) is 0 Å². The van der Waals surface area contributed by atoms with Crippen molar-refractivity contribution in [2.24, 2.45) is 5.73 Å². The molecule has 0 unspecified atom stereocenters. The molecule has 2 aromatic rings. The van der Waals surface area contributed by atoms with Gasteiger partial charge in [0.2, 0.25) is 5.91 Å². The Morgan fingerprint density at radius 3 is 2.68 bits per heavy atom. The fourth-order valence-electron chi connectivity index (χ4n) is 2.46. The van der Waals surface area contributed by atoms with Gasteiger partial charge in [0.25, 0.3) is 0 Å². The lowest BCUT2D eigenvalue weighted by atomic mass is 10.1.